The number of amides is 1. The largest absolute Gasteiger partial charge is 0.491 e. The van der Waals surface area contributed by atoms with Crippen LogP contribution in [0.5, 0.6) is 5.75 Å². The molecule has 0 aliphatic carbocycles. The van der Waals surface area contributed by atoms with Gasteiger partial charge in [0.15, 0.2) is 5.75 Å². The number of aryl methyl sites for hydroxylation is 4. The van der Waals surface area contributed by atoms with E-state index < -0.39 is 0 Å². The molecule has 0 fully saturated rings. The summed E-state index contributed by atoms with van der Waals surface area (Å²) in [6.45, 7) is 10.3. The zero-order valence-corrected chi connectivity index (χ0v) is 17.0. The number of hydrogen-bond acceptors (Lipinski definition) is 3. The Hall–Kier alpha value is -2.07. The van der Waals surface area contributed by atoms with Crippen molar-refractivity contribution in [2.45, 2.75) is 53.9 Å². The number of benzene rings is 1. The number of nitrogens with zero attached hydrogens (tertiary/aromatic N) is 1. The number of halogens is 1. The Kier molecular flexibility index (Phi) is 7.04. The molecule has 0 aliphatic rings. The summed E-state index contributed by atoms with van der Waals surface area (Å²) in [6.07, 6.45) is 2.74. The van der Waals surface area contributed by atoms with Crippen LogP contribution in [-0.4, -0.2) is 17.5 Å². The molecule has 26 heavy (non-hydrogen) atoms. The average molecular weight is 375 g/mol. The third-order valence-electron chi connectivity index (χ3n) is 4.39. The summed E-state index contributed by atoms with van der Waals surface area (Å²) in [6, 6.07) is 6.01. The van der Waals surface area contributed by atoms with Gasteiger partial charge in [-0.15, -0.1) is 0 Å². The van der Waals surface area contributed by atoms with Gasteiger partial charge in [0.25, 0.3) is 5.91 Å². The Morgan fingerprint density at radius 3 is 2.58 bits per heavy atom. The maximum atomic E-state index is 13.1. The lowest BCUT2D eigenvalue weighted by atomic mass is 10.0. The molecule has 140 valence electrons. The molecule has 1 N–H and O–H groups in total. The van der Waals surface area contributed by atoms with Crippen molar-refractivity contribution in [3.05, 3.63) is 51.3 Å². The van der Waals surface area contributed by atoms with Gasteiger partial charge in [-0.1, -0.05) is 50.1 Å². The molecule has 2 rings (SSSR count). The topological polar surface area (TPSA) is 51.2 Å². The summed E-state index contributed by atoms with van der Waals surface area (Å²) < 4.78 is 5.88. The Bertz CT molecular complexity index is 803. The highest BCUT2D eigenvalue weighted by molar-refractivity contribution is 6.33. The molecule has 2 aromatic rings. The number of carbonyl (C=O) groups excluding carboxylic acids is 1. The van der Waals surface area contributed by atoms with Gasteiger partial charge in [0.2, 0.25) is 0 Å². The fourth-order valence-corrected chi connectivity index (χ4v) is 3.09. The fraction of sp³-hybridized carbons (Fsp3) is 0.429. The van der Waals surface area contributed by atoms with Gasteiger partial charge in [0, 0.05) is 5.69 Å². The van der Waals surface area contributed by atoms with Crippen molar-refractivity contribution in [2.75, 3.05) is 11.9 Å². The van der Waals surface area contributed by atoms with Crippen LogP contribution in [-0.2, 0) is 6.42 Å². The van der Waals surface area contributed by atoms with Crippen LogP contribution >= 0.6 is 11.6 Å². The number of ether oxygens (including phenoxy) is 1. The van der Waals surface area contributed by atoms with Crippen molar-refractivity contribution in [2.24, 2.45) is 0 Å². The molecule has 0 radical (unpaired) electrons. The Labute approximate surface area is 160 Å². The minimum Gasteiger partial charge on any atom is -0.491 e. The molecule has 5 heteroatoms. The number of hydrogen-bond donors (Lipinski definition) is 1. The summed E-state index contributed by atoms with van der Waals surface area (Å²) in [5, 5.41) is 3.45. The van der Waals surface area contributed by atoms with Crippen LogP contribution < -0.4 is 10.1 Å². The molecule has 0 aliphatic heterocycles. The first-order chi connectivity index (χ1) is 12.4. The molecule has 1 amide bonds. The molecule has 0 saturated heterocycles. The second-order valence-corrected chi connectivity index (χ2v) is 6.80. The summed E-state index contributed by atoms with van der Waals surface area (Å²) in [5.41, 5.74) is 4.64. The van der Waals surface area contributed by atoms with E-state index in [1.807, 2.05) is 39.0 Å². The summed E-state index contributed by atoms with van der Waals surface area (Å²) in [7, 11) is 0. The molecule has 0 atom stereocenters. The highest BCUT2D eigenvalue weighted by atomic mass is 35.5. The number of nitrogens with one attached hydrogen (secondary N) is 1. The second-order valence-electron chi connectivity index (χ2n) is 6.42. The number of anilines is 1. The van der Waals surface area contributed by atoms with Crippen LogP contribution in [0.4, 0.5) is 5.69 Å². The number of rotatable bonds is 7. The van der Waals surface area contributed by atoms with E-state index in [0.717, 1.165) is 36.1 Å². The van der Waals surface area contributed by atoms with Crippen molar-refractivity contribution >= 4 is 23.2 Å². The van der Waals surface area contributed by atoms with Crippen LogP contribution in [0, 0.1) is 20.8 Å². The van der Waals surface area contributed by atoms with Crippen LogP contribution in [0.3, 0.4) is 0 Å². The molecular weight excluding hydrogens is 348 g/mol. The van der Waals surface area contributed by atoms with E-state index in [1.165, 1.54) is 0 Å². The standard InChI is InChI=1S/C21H27ClN2O2/c1-6-8-12-26-20-17(14(4)23-15(5)18(20)22)21(25)24-19-13(3)10-9-11-16(19)7-2/h9-11H,6-8,12H2,1-5H3,(H,24,25). The van der Waals surface area contributed by atoms with Crippen LogP contribution in [0.25, 0.3) is 0 Å². The van der Waals surface area contributed by atoms with Crippen molar-refractivity contribution in [1.82, 2.24) is 4.98 Å². The van der Waals surface area contributed by atoms with E-state index in [1.54, 1.807) is 0 Å². The van der Waals surface area contributed by atoms with Crippen molar-refractivity contribution in [1.29, 1.82) is 0 Å². The predicted molar refractivity (Wildman–Crippen MR) is 108 cm³/mol. The molecule has 0 bridgehead atoms. The SMILES string of the molecule is CCCCOc1c(Cl)c(C)nc(C)c1C(=O)Nc1c(C)cccc1CC. The maximum Gasteiger partial charge on any atom is 0.261 e. The monoisotopic (exact) mass is 374 g/mol. The normalized spacial score (nSPS) is 10.7. The first-order valence-electron chi connectivity index (χ1n) is 9.09. The van der Waals surface area contributed by atoms with Crippen molar-refractivity contribution in [3.63, 3.8) is 0 Å². The minimum absolute atomic E-state index is 0.243. The van der Waals surface area contributed by atoms with Gasteiger partial charge in [-0.25, -0.2) is 0 Å². The molecule has 1 heterocycles. The fourth-order valence-electron chi connectivity index (χ4n) is 2.89. The molecule has 0 spiro atoms. The van der Waals surface area contributed by atoms with Crippen molar-refractivity contribution in [3.8, 4) is 5.75 Å². The third kappa shape index (κ3) is 4.36. The van der Waals surface area contributed by atoms with Crippen LogP contribution in [0.1, 0.15) is 59.6 Å². The number of unbranched alkanes of at least 4 members (excludes halogenated alkanes) is 1. The first kappa shape index (κ1) is 20.2. The van der Waals surface area contributed by atoms with Gasteiger partial charge in [0.05, 0.1) is 18.0 Å². The van der Waals surface area contributed by atoms with Gasteiger partial charge in [0.1, 0.15) is 10.6 Å². The van der Waals surface area contributed by atoms with Gasteiger partial charge in [-0.3, -0.25) is 9.78 Å². The summed E-state index contributed by atoms with van der Waals surface area (Å²) in [4.78, 5) is 17.5. The first-order valence-corrected chi connectivity index (χ1v) is 9.47. The molecular formula is C21H27ClN2O2. The molecule has 4 nitrogen and oxygen atoms in total. The quantitative estimate of drug-likeness (QED) is 0.636. The van der Waals surface area contributed by atoms with Gasteiger partial charge < -0.3 is 10.1 Å². The Morgan fingerprint density at radius 2 is 1.92 bits per heavy atom. The Morgan fingerprint density at radius 1 is 1.19 bits per heavy atom. The average Bonchev–Trinajstić information content (AvgIpc) is 2.60. The second kappa shape index (κ2) is 9.04. The number of aromatic nitrogens is 1. The molecule has 1 aromatic carbocycles. The van der Waals surface area contributed by atoms with E-state index in [0.29, 0.717) is 34.3 Å². The number of para-hydroxylation sites is 1. The number of pyridine rings is 1. The van der Waals surface area contributed by atoms with Gasteiger partial charge in [-0.05, 0) is 44.7 Å². The zero-order valence-electron chi connectivity index (χ0n) is 16.2. The van der Waals surface area contributed by atoms with E-state index in [4.69, 9.17) is 16.3 Å². The highest BCUT2D eigenvalue weighted by Gasteiger charge is 2.23. The lowest BCUT2D eigenvalue weighted by Gasteiger charge is -2.18. The van der Waals surface area contributed by atoms with Crippen LogP contribution in [0.2, 0.25) is 5.02 Å². The van der Waals surface area contributed by atoms with E-state index in [-0.39, 0.29) is 5.91 Å². The summed E-state index contributed by atoms with van der Waals surface area (Å²) >= 11 is 6.42. The van der Waals surface area contributed by atoms with Crippen LogP contribution in [0.15, 0.2) is 18.2 Å². The third-order valence-corrected chi connectivity index (χ3v) is 4.84. The minimum atomic E-state index is -0.243. The predicted octanol–water partition coefficient (Wildman–Crippen LogP) is 5.65. The van der Waals surface area contributed by atoms with E-state index >= 15 is 0 Å². The molecule has 0 unspecified atom stereocenters. The number of carbonyl (C=O) groups is 1. The Balaban J connectivity index is 2.44. The molecule has 0 saturated carbocycles. The molecule has 1 aromatic heterocycles. The maximum absolute atomic E-state index is 13.1. The van der Waals surface area contributed by atoms with Crippen molar-refractivity contribution < 1.29 is 9.53 Å². The lowest BCUT2D eigenvalue weighted by molar-refractivity contribution is 0.102. The van der Waals surface area contributed by atoms with Gasteiger partial charge in [-0.2, -0.15) is 0 Å². The summed E-state index contributed by atoms with van der Waals surface area (Å²) in [5.74, 6) is 0.182. The van der Waals surface area contributed by atoms with E-state index in [2.05, 4.69) is 24.1 Å². The van der Waals surface area contributed by atoms with Gasteiger partial charge >= 0.3 is 0 Å². The smallest absolute Gasteiger partial charge is 0.261 e. The zero-order chi connectivity index (χ0) is 19.3. The highest BCUT2D eigenvalue weighted by Crippen LogP contribution is 2.34. The van der Waals surface area contributed by atoms with E-state index in [9.17, 15) is 4.79 Å². The lowest BCUT2D eigenvalue weighted by Crippen LogP contribution is -2.18.